The Morgan fingerprint density at radius 1 is 1.33 bits per heavy atom. The smallest absolute Gasteiger partial charge is 0.353 e. The van der Waals surface area contributed by atoms with Crippen LogP contribution in [0.4, 0.5) is 5.69 Å². The number of nitrogens with zero attached hydrogens (tertiary/aromatic N) is 3. The molecule has 0 saturated heterocycles. The molecule has 27 heavy (non-hydrogen) atoms. The van der Waals surface area contributed by atoms with Crippen molar-refractivity contribution in [2.75, 3.05) is 11.9 Å². The van der Waals surface area contributed by atoms with E-state index in [1.807, 2.05) is 0 Å². The van der Waals surface area contributed by atoms with Crippen molar-refractivity contribution < 1.29 is 24.2 Å². The maximum absolute atomic E-state index is 12.4. The average Bonchev–Trinajstić information content (AvgIpc) is 3.13. The number of imidazole rings is 1. The predicted octanol–water partition coefficient (Wildman–Crippen LogP) is 0.688. The molecule has 136 valence electrons. The van der Waals surface area contributed by atoms with Crippen LogP contribution in [0.25, 0.3) is 5.78 Å². The summed E-state index contributed by atoms with van der Waals surface area (Å²) in [5.74, 6) is -1.31. The van der Waals surface area contributed by atoms with Crippen molar-refractivity contribution in [2.45, 2.75) is 6.54 Å². The number of ether oxygens (including phenoxy) is 1. The first-order valence-electron chi connectivity index (χ1n) is 7.92. The Balaban J connectivity index is 1.53. The van der Waals surface area contributed by atoms with Crippen molar-refractivity contribution >= 4 is 29.2 Å². The molecule has 0 unspecified atom stereocenters. The van der Waals surface area contributed by atoms with Crippen molar-refractivity contribution in [1.29, 1.82) is 0 Å². The van der Waals surface area contributed by atoms with E-state index in [-0.39, 0.29) is 36.2 Å². The monoisotopic (exact) mass is 367 g/mol. The number of nitrogens with one attached hydrogen (secondary N) is 2. The van der Waals surface area contributed by atoms with Gasteiger partial charge in [-0.05, 0) is 17.7 Å². The van der Waals surface area contributed by atoms with E-state index in [0.717, 1.165) is 5.56 Å². The summed E-state index contributed by atoms with van der Waals surface area (Å²) >= 11 is 0. The summed E-state index contributed by atoms with van der Waals surface area (Å²) in [6.45, 7) is 0.128. The molecular formula is C17H13N5O5. The lowest BCUT2D eigenvalue weighted by atomic mass is 10.1. The van der Waals surface area contributed by atoms with Crippen LogP contribution in [0.15, 0.2) is 36.7 Å². The summed E-state index contributed by atoms with van der Waals surface area (Å²) < 4.78 is 6.56. The van der Waals surface area contributed by atoms with Crippen LogP contribution in [-0.4, -0.2) is 43.9 Å². The van der Waals surface area contributed by atoms with Gasteiger partial charge in [-0.1, -0.05) is 6.07 Å². The van der Waals surface area contributed by atoms with Gasteiger partial charge < -0.3 is 20.5 Å². The number of carboxylic acids is 1. The molecule has 1 aromatic carbocycles. The molecule has 0 saturated carbocycles. The number of carbonyl (C=O) groups excluding carboxylic acids is 2. The molecule has 0 spiro atoms. The van der Waals surface area contributed by atoms with E-state index in [1.165, 1.54) is 22.9 Å². The number of hydrogen-bond acceptors (Lipinski definition) is 6. The Morgan fingerprint density at radius 3 is 3.00 bits per heavy atom. The van der Waals surface area contributed by atoms with Crippen LogP contribution in [0, 0.1) is 0 Å². The molecule has 3 N–H and O–H groups in total. The van der Waals surface area contributed by atoms with E-state index in [0.29, 0.717) is 11.4 Å². The lowest BCUT2D eigenvalue weighted by molar-refractivity contribution is -0.118. The SMILES string of the molecule is O=C1COc2ccc(CNC(=O)c3cc(C(=O)O)n4ccnc4n3)cc2N1. The third kappa shape index (κ3) is 3.15. The highest BCUT2D eigenvalue weighted by Gasteiger charge is 2.18. The molecule has 4 rings (SSSR count). The number of fused-ring (bicyclic) bond motifs is 2. The fourth-order valence-corrected chi connectivity index (χ4v) is 2.70. The zero-order valence-corrected chi connectivity index (χ0v) is 13.8. The summed E-state index contributed by atoms with van der Waals surface area (Å²) in [5, 5.41) is 14.7. The fraction of sp³-hybridized carbons (Fsp3) is 0.118. The first-order valence-corrected chi connectivity index (χ1v) is 7.92. The quantitative estimate of drug-likeness (QED) is 0.617. The lowest BCUT2D eigenvalue weighted by Crippen LogP contribution is -2.27. The number of amides is 2. The predicted molar refractivity (Wildman–Crippen MR) is 91.7 cm³/mol. The average molecular weight is 367 g/mol. The van der Waals surface area contributed by atoms with Gasteiger partial charge in [0, 0.05) is 25.0 Å². The number of rotatable bonds is 4. The minimum atomic E-state index is -1.19. The Hall–Kier alpha value is -3.95. The van der Waals surface area contributed by atoms with E-state index < -0.39 is 11.9 Å². The second kappa shape index (κ2) is 6.41. The Bertz CT molecular complexity index is 1090. The van der Waals surface area contributed by atoms with Crippen LogP contribution in [0.1, 0.15) is 26.5 Å². The summed E-state index contributed by atoms with van der Waals surface area (Å²) in [6, 6.07) is 6.34. The van der Waals surface area contributed by atoms with Gasteiger partial charge in [-0.25, -0.2) is 14.8 Å². The van der Waals surface area contributed by atoms with E-state index in [1.54, 1.807) is 18.2 Å². The van der Waals surface area contributed by atoms with Gasteiger partial charge in [-0.3, -0.25) is 14.0 Å². The maximum Gasteiger partial charge on any atom is 0.353 e. The summed E-state index contributed by atoms with van der Waals surface area (Å²) in [5.41, 5.74) is 1.09. The standard InChI is InChI=1S/C17H13N5O5/c23-14-8-27-13-2-1-9(5-10(13)20-14)7-19-15(24)11-6-12(16(25)26)22-4-3-18-17(22)21-11/h1-6H,7-8H2,(H,19,24)(H,20,23)(H,25,26). The van der Waals surface area contributed by atoms with Crippen LogP contribution < -0.4 is 15.4 Å². The first kappa shape index (κ1) is 16.5. The van der Waals surface area contributed by atoms with Crippen molar-refractivity contribution in [3.8, 4) is 5.75 Å². The third-order valence-electron chi connectivity index (χ3n) is 3.96. The van der Waals surface area contributed by atoms with Gasteiger partial charge in [0.1, 0.15) is 17.1 Å². The van der Waals surface area contributed by atoms with Gasteiger partial charge in [0.2, 0.25) is 5.78 Å². The van der Waals surface area contributed by atoms with Gasteiger partial charge in [-0.15, -0.1) is 0 Å². The third-order valence-corrected chi connectivity index (χ3v) is 3.96. The molecule has 2 aromatic heterocycles. The van der Waals surface area contributed by atoms with Crippen molar-refractivity contribution in [3.05, 3.63) is 53.6 Å². The molecular weight excluding hydrogens is 354 g/mol. The van der Waals surface area contributed by atoms with E-state index >= 15 is 0 Å². The minimum Gasteiger partial charge on any atom is -0.482 e. The molecule has 0 bridgehead atoms. The zero-order valence-electron chi connectivity index (χ0n) is 13.8. The van der Waals surface area contributed by atoms with Gasteiger partial charge in [0.25, 0.3) is 11.8 Å². The van der Waals surface area contributed by atoms with E-state index in [2.05, 4.69) is 20.6 Å². The number of aromatic nitrogens is 3. The Morgan fingerprint density at radius 2 is 2.19 bits per heavy atom. The molecule has 10 heteroatoms. The summed E-state index contributed by atoms with van der Waals surface area (Å²) in [4.78, 5) is 43.2. The Labute approximate surface area is 151 Å². The molecule has 0 fully saturated rings. The van der Waals surface area contributed by atoms with Gasteiger partial charge in [-0.2, -0.15) is 0 Å². The second-order valence-corrected chi connectivity index (χ2v) is 5.78. The highest BCUT2D eigenvalue weighted by Crippen LogP contribution is 2.28. The largest absolute Gasteiger partial charge is 0.482 e. The Kier molecular flexibility index (Phi) is 3.92. The van der Waals surface area contributed by atoms with Crippen LogP contribution in [-0.2, 0) is 11.3 Å². The topological polar surface area (TPSA) is 135 Å². The summed E-state index contributed by atoms with van der Waals surface area (Å²) in [7, 11) is 0. The number of aromatic carboxylic acids is 1. The van der Waals surface area contributed by atoms with Gasteiger partial charge >= 0.3 is 5.97 Å². The highest BCUT2D eigenvalue weighted by molar-refractivity contribution is 5.96. The van der Waals surface area contributed by atoms with Crippen LogP contribution in [0.2, 0.25) is 0 Å². The first-order chi connectivity index (χ1) is 13.0. The van der Waals surface area contributed by atoms with Crippen molar-refractivity contribution in [1.82, 2.24) is 19.7 Å². The molecule has 10 nitrogen and oxygen atoms in total. The lowest BCUT2D eigenvalue weighted by Gasteiger charge is -2.18. The van der Waals surface area contributed by atoms with Gasteiger partial charge in [0.15, 0.2) is 6.61 Å². The highest BCUT2D eigenvalue weighted by atomic mass is 16.5. The van der Waals surface area contributed by atoms with Crippen LogP contribution in [0.3, 0.4) is 0 Å². The van der Waals surface area contributed by atoms with E-state index in [4.69, 9.17) is 4.74 Å². The maximum atomic E-state index is 12.4. The number of benzene rings is 1. The van der Waals surface area contributed by atoms with E-state index in [9.17, 15) is 19.5 Å². The molecule has 0 aliphatic carbocycles. The fourth-order valence-electron chi connectivity index (χ4n) is 2.70. The normalized spacial score (nSPS) is 12.8. The summed E-state index contributed by atoms with van der Waals surface area (Å²) in [6.07, 6.45) is 2.86. The number of carbonyl (C=O) groups is 3. The molecule has 1 aliphatic rings. The van der Waals surface area contributed by atoms with Gasteiger partial charge in [0.05, 0.1) is 5.69 Å². The number of anilines is 1. The minimum absolute atomic E-state index is 0.0308. The van der Waals surface area contributed by atoms with Crippen LogP contribution >= 0.6 is 0 Å². The molecule has 3 heterocycles. The van der Waals surface area contributed by atoms with Crippen LogP contribution in [0.5, 0.6) is 5.75 Å². The van der Waals surface area contributed by atoms with Crippen molar-refractivity contribution in [3.63, 3.8) is 0 Å². The molecule has 3 aromatic rings. The molecule has 0 atom stereocenters. The molecule has 1 aliphatic heterocycles. The number of carboxylic acid groups (broad SMARTS) is 1. The second-order valence-electron chi connectivity index (χ2n) is 5.78. The number of hydrogen-bond donors (Lipinski definition) is 3. The molecule has 0 radical (unpaired) electrons. The van der Waals surface area contributed by atoms with Crippen molar-refractivity contribution in [2.24, 2.45) is 0 Å². The molecule has 2 amide bonds. The zero-order chi connectivity index (χ0) is 19.0.